The Bertz CT molecular complexity index is 733. The summed E-state index contributed by atoms with van der Waals surface area (Å²) in [6.07, 6.45) is 1.25. The Hall–Kier alpha value is -2.01. The van der Waals surface area contributed by atoms with Gasteiger partial charge in [-0.05, 0) is 65.5 Å². The zero-order chi connectivity index (χ0) is 16.4. The molecule has 2 aromatic carbocycles. The Labute approximate surface area is 144 Å². The third-order valence-corrected chi connectivity index (χ3v) is 4.70. The number of hydrogen-bond acceptors (Lipinski definition) is 3. The predicted octanol–water partition coefficient (Wildman–Crippen LogP) is 3.78. The van der Waals surface area contributed by atoms with Gasteiger partial charge in [0, 0.05) is 17.9 Å². The lowest BCUT2D eigenvalue weighted by Crippen LogP contribution is -2.43. The number of para-hydroxylation sites is 1. The van der Waals surface area contributed by atoms with Gasteiger partial charge in [0.1, 0.15) is 5.75 Å². The van der Waals surface area contributed by atoms with Crippen LogP contribution in [-0.2, 0) is 11.2 Å². The van der Waals surface area contributed by atoms with Crippen molar-refractivity contribution >= 4 is 33.2 Å². The Balaban J connectivity index is 1.82. The molecule has 23 heavy (non-hydrogen) atoms. The van der Waals surface area contributed by atoms with Crippen molar-refractivity contribution in [1.82, 2.24) is 0 Å². The van der Waals surface area contributed by atoms with Crippen molar-refractivity contribution in [3.05, 3.63) is 52.5 Å². The van der Waals surface area contributed by atoms with E-state index in [-0.39, 0.29) is 5.91 Å². The summed E-state index contributed by atoms with van der Waals surface area (Å²) in [4.78, 5) is 14.6. The highest BCUT2D eigenvalue weighted by molar-refractivity contribution is 9.10. The van der Waals surface area contributed by atoms with Gasteiger partial charge in [0.05, 0.1) is 4.47 Å². The van der Waals surface area contributed by atoms with E-state index in [1.807, 2.05) is 42.5 Å². The lowest BCUT2D eigenvalue weighted by molar-refractivity contribution is -0.124. The van der Waals surface area contributed by atoms with Crippen LogP contribution in [0.2, 0.25) is 0 Å². The minimum Gasteiger partial charge on any atom is -0.480 e. The number of anilines is 2. The number of hydrogen-bond donors (Lipinski definition) is 1. The van der Waals surface area contributed by atoms with Gasteiger partial charge in [0.15, 0.2) is 6.10 Å². The molecular formula is C18H19BrN2O2. The van der Waals surface area contributed by atoms with E-state index in [0.29, 0.717) is 12.3 Å². The van der Waals surface area contributed by atoms with Gasteiger partial charge >= 0.3 is 0 Å². The van der Waals surface area contributed by atoms with E-state index >= 15 is 0 Å². The van der Waals surface area contributed by atoms with Crippen LogP contribution in [0.1, 0.15) is 18.9 Å². The first kappa shape index (κ1) is 15.9. The smallest absolute Gasteiger partial charge is 0.267 e. The van der Waals surface area contributed by atoms with E-state index in [1.165, 1.54) is 0 Å². The van der Waals surface area contributed by atoms with Crippen LogP contribution in [0.3, 0.4) is 0 Å². The SMILES string of the molecule is CC(Oc1ccccc1Br)C(=O)N1CCCc2c(N)cccc21. The van der Waals surface area contributed by atoms with E-state index in [9.17, 15) is 4.79 Å². The molecule has 1 unspecified atom stereocenters. The van der Waals surface area contributed by atoms with E-state index in [0.717, 1.165) is 34.3 Å². The summed E-state index contributed by atoms with van der Waals surface area (Å²) in [6, 6.07) is 13.3. The van der Waals surface area contributed by atoms with Crippen LogP contribution in [0.4, 0.5) is 11.4 Å². The summed E-state index contributed by atoms with van der Waals surface area (Å²) in [5.41, 5.74) is 8.76. The molecule has 1 heterocycles. The van der Waals surface area contributed by atoms with Gasteiger partial charge in [-0.2, -0.15) is 0 Å². The third kappa shape index (κ3) is 3.20. The number of carbonyl (C=O) groups is 1. The monoisotopic (exact) mass is 374 g/mol. The highest BCUT2D eigenvalue weighted by Gasteiger charge is 2.28. The highest BCUT2D eigenvalue weighted by Crippen LogP contribution is 2.32. The van der Waals surface area contributed by atoms with Crippen molar-refractivity contribution in [1.29, 1.82) is 0 Å². The number of fused-ring (bicyclic) bond motifs is 1. The molecule has 5 heteroatoms. The number of rotatable bonds is 3. The van der Waals surface area contributed by atoms with Gasteiger partial charge in [0.25, 0.3) is 5.91 Å². The van der Waals surface area contributed by atoms with Crippen LogP contribution in [0.5, 0.6) is 5.75 Å². The van der Waals surface area contributed by atoms with E-state index in [2.05, 4.69) is 15.9 Å². The van der Waals surface area contributed by atoms with Crippen LogP contribution in [0.15, 0.2) is 46.9 Å². The molecule has 3 rings (SSSR count). The molecule has 1 aliphatic rings. The minimum atomic E-state index is -0.568. The molecule has 0 fully saturated rings. The number of nitrogen functional groups attached to an aromatic ring is 1. The third-order valence-electron chi connectivity index (χ3n) is 4.04. The van der Waals surface area contributed by atoms with Crippen LogP contribution >= 0.6 is 15.9 Å². The molecule has 1 aliphatic heterocycles. The minimum absolute atomic E-state index is 0.0488. The molecule has 2 aromatic rings. The lowest BCUT2D eigenvalue weighted by atomic mass is 9.99. The fourth-order valence-corrected chi connectivity index (χ4v) is 3.26. The van der Waals surface area contributed by atoms with Crippen molar-refractivity contribution in [2.24, 2.45) is 0 Å². The quantitative estimate of drug-likeness (QED) is 0.831. The number of benzene rings is 2. The molecular weight excluding hydrogens is 356 g/mol. The number of amides is 1. The fourth-order valence-electron chi connectivity index (χ4n) is 2.88. The largest absolute Gasteiger partial charge is 0.480 e. The Kier molecular flexibility index (Phi) is 4.57. The van der Waals surface area contributed by atoms with Crippen LogP contribution in [0, 0.1) is 0 Å². The first-order chi connectivity index (χ1) is 11.1. The molecule has 1 atom stereocenters. The normalized spacial score (nSPS) is 15.0. The van der Waals surface area contributed by atoms with Gasteiger partial charge in [-0.3, -0.25) is 4.79 Å². The van der Waals surface area contributed by atoms with E-state index < -0.39 is 6.10 Å². The highest BCUT2D eigenvalue weighted by atomic mass is 79.9. The Morgan fingerprint density at radius 3 is 2.83 bits per heavy atom. The van der Waals surface area contributed by atoms with Crippen molar-refractivity contribution < 1.29 is 9.53 Å². The molecule has 0 bridgehead atoms. The molecule has 120 valence electrons. The average molecular weight is 375 g/mol. The predicted molar refractivity (Wildman–Crippen MR) is 95.8 cm³/mol. The number of halogens is 1. The zero-order valence-electron chi connectivity index (χ0n) is 13.0. The van der Waals surface area contributed by atoms with Crippen molar-refractivity contribution in [3.63, 3.8) is 0 Å². The van der Waals surface area contributed by atoms with E-state index in [4.69, 9.17) is 10.5 Å². The molecule has 0 saturated carbocycles. The van der Waals surface area contributed by atoms with Crippen molar-refractivity contribution in [2.75, 3.05) is 17.2 Å². The van der Waals surface area contributed by atoms with Gasteiger partial charge in [-0.1, -0.05) is 18.2 Å². The first-order valence-corrected chi connectivity index (χ1v) is 8.47. The fraction of sp³-hybridized carbons (Fsp3) is 0.278. The topological polar surface area (TPSA) is 55.6 Å². The van der Waals surface area contributed by atoms with Crippen molar-refractivity contribution in [2.45, 2.75) is 25.9 Å². The number of carbonyl (C=O) groups excluding carboxylic acids is 1. The summed E-state index contributed by atoms with van der Waals surface area (Å²) >= 11 is 3.44. The molecule has 0 radical (unpaired) electrons. The summed E-state index contributed by atoms with van der Waals surface area (Å²) in [5, 5.41) is 0. The van der Waals surface area contributed by atoms with Crippen LogP contribution < -0.4 is 15.4 Å². The molecule has 0 spiro atoms. The van der Waals surface area contributed by atoms with Crippen LogP contribution in [-0.4, -0.2) is 18.6 Å². The first-order valence-electron chi connectivity index (χ1n) is 7.68. The molecule has 0 aromatic heterocycles. The van der Waals surface area contributed by atoms with Gasteiger partial charge in [-0.25, -0.2) is 0 Å². The second-order valence-corrected chi connectivity index (χ2v) is 6.48. The maximum absolute atomic E-state index is 12.8. The zero-order valence-corrected chi connectivity index (χ0v) is 14.5. The number of nitrogens with two attached hydrogens (primary N) is 1. The standard InChI is InChI=1S/C18H19BrN2O2/c1-12(23-17-10-3-2-7-14(17)19)18(22)21-11-5-6-13-15(20)8-4-9-16(13)21/h2-4,7-10,12H,5-6,11,20H2,1H3. The second kappa shape index (κ2) is 6.62. The van der Waals surface area contributed by atoms with Crippen molar-refractivity contribution in [3.8, 4) is 5.75 Å². The lowest BCUT2D eigenvalue weighted by Gasteiger charge is -2.32. The van der Waals surface area contributed by atoms with Crippen LogP contribution in [0.25, 0.3) is 0 Å². The molecule has 0 aliphatic carbocycles. The maximum Gasteiger partial charge on any atom is 0.267 e. The average Bonchev–Trinajstić information content (AvgIpc) is 2.56. The Morgan fingerprint density at radius 2 is 2.04 bits per heavy atom. The number of nitrogens with zero attached hydrogens (tertiary/aromatic N) is 1. The summed E-state index contributed by atoms with van der Waals surface area (Å²) in [5.74, 6) is 0.616. The van der Waals surface area contributed by atoms with Gasteiger partial charge < -0.3 is 15.4 Å². The molecule has 1 amide bonds. The summed E-state index contributed by atoms with van der Waals surface area (Å²) in [6.45, 7) is 2.47. The maximum atomic E-state index is 12.8. The second-order valence-electron chi connectivity index (χ2n) is 5.63. The molecule has 0 saturated heterocycles. The molecule has 2 N–H and O–H groups in total. The van der Waals surface area contributed by atoms with Gasteiger partial charge in [-0.15, -0.1) is 0 Å². The summed E-state index contributed by atoms with van der Waals surface area (Å²) < 4.78 is 6.67. The number of ether oxygens (including phenoxy) is 1. The van der Waals surface area contributed by atoms with Gasteiger partial charge in [0.2, 0.25) is 0 Å². The summed E-state index contributed by atoms with van der Waals surface area (Å²) in [7, 11) is 0. The Morgan fingerprint density at radius 1 is 1.26 bits per heavy atom. The van der Waals surface area contributed by atoms with E-state index in [1.54, 1.807) is 11.8 Å². The molecule has 4 nitrogen and oxygen atoms in total.